The van der Waals surface area contributed by atoms with E-state index in [4.69, 9.17) is 4.74 Å². The van der Waals surface area contributed by atoms with E-state index in [1.807, 2.05) is 6.08 Å². The Bertz CT molecular complexity index is 215. The lowest BCUT2D eigenvalue weighted by molar-refractivity contribution is -0.141. The van der Waals surface area contributed by atoms with Crippen molar-refractivity contribution in [1.29, 1.82) is 0 Å². The highest BCUT2D eigenvalue weighted by Gasteiger charge is 2.62. The lowest BCUT2D eigenvalue weighted by Gasteiger charge is -2.00. The van der Waals surface area contributed by atoms with Gasteiger partial charge in [-0.15, -0.1) is 0 Å². The molecule has 1 fully saturated rings. The van der Waals surface area contributed by atoms with Crippen molar-refractivity contribution < 1.29 is 9.53 Å². The second kappa shape index (κ2) is 1.44. The highest BCUT2D eigenvalue weighted by molar-refractivity contribution is 5.79. The highest BCUT2D eigenvalue weighted by atomic mass is 16.5. The van der Waals surface area contributed by atoms with Gasteiger partial charge in [0, 0.05) is 0 Å². The summed E-state index contributed by atoms with van der Waals surface area (Å²) in [4.78, 5) is 11.0. The number of rotatable bonds is 0. The Hall–Kier alpha value is -0.790. The van der Waals surface area contributed by atoms with Crippen LogP contribution in [0.4, 0.5) is 0 Å². The molecular weight excluding hydrogens is 128 g/mol. The molecule has 0 aromatic rings. The summed E-state index contributed by atoms with van der Waals surface area (Å²) in [6.45, 7) is 4.19. The number of hydrogen-bond donors (Lipinski definition) is 0. The molecule has 54 valence electrons. The van der Waals surface area contributed by atoms with Gasteiger partial charge in [0.2, 0.25) is 0 Å². The molecule has 2 rings (SSSR count). The summed E-state index contributed by atoms with van der Waals surface area (Å²) < 4.78 is 4.75. The third kappa shape index (κ3) is 0.516. The first-order valence-corrected chi connectivity index (χ1v) is 3.51. The van der Waals surface area contributed by atoms with Crippen molar-refractivity contribution in [3.8, 4) is 0 Å². The predicted molar refractivity (Wildman–Crippen MR) is 36.0 cm³/mol. The summed E-state index contributed by atoms with van der Waals surface area (Å²) >= 11 is 0. The first-order valence-electron chi connectivity index (χ1n) is 3.51. The molecule has 1 aliphatic heterocycles. The van der Waals surface area contributed by atoms with Gasteiger partial charge in [0.1, 0.15) is 0 Å². The van der Waals surface area contributed by atoms with Crippen LogP contribution in [-0.2, 0) is 9.53 Å². The van der Waals surface area contributed by atoms with E-state index in [1.165, 1.54) is 6.26 Å². The number of carbonyl (C=O) groups is 1. The van der Waals surface area contributed by atoms with Gasteiger partial charge in [-0.3, -0.25) is 4.79 Å². The maximum atomic E-state index is 11.0. The zero-order valence-electron chi connectivity index (χ0n) is 6.13. The molecule has 0 N–H and O–H groups in total. The van der Waals surface area contributed by atoms with Crippen LogP contribution in [0.25, 0.3) is 0 Å². The minimum atomic E-state index is -0.0579. The van der Waals surface area contributed by atoms with Gasteiger partial charge in [0.15, 0.2) is 0 Å². The van der Waals surface area contributed by atoms with E-state index < -0.39 is 0 Å². The molecular formula is C8H10O2. The number of ether oxygens (including phenoxy) is 1. The van der Waals surface area contributed by atoms with E-state index in [2.05, 4.69) is 13.8 Å². The van der Waals surface area contributed by atoms with Crippen LogP contribution in [0.2, 0.25) is 0 Å². The molecule has 0 aromatic heterocycles. The Morgan fingerprint density at radius 3 is 2.80 bits per heavy atom. The van der Waals surface area contributed by atoms with Gasteiger partial charge >= 0.3 is 5.97 Å². The SMILES string of the molecule is CC1(C)C2C=COC(=O)C21. The Labute approximate surface area is 59.9 Å². The number of carbonyl (C=O) groups excluding carboxylic acids is 1. The molecule has 0 radical (unpaired) electrons. The van der Waals surface area contributed by atoms with Crippen LogP contribution >= 0.6 is 0 Å². The van der Waals surface area contributed by atoms with Crippen molar-refractivity contribution in [1.82, 2.24) is 0 Å². The second-order valence-electron chi connectivity index (χ2n) is 3.59. The van der Waals surface area contributed by atoms with E-state index >= 15 is 0 Å². The molecule has 0 amide bonds. The van der Waals surface area contributed by atoms with Crippen molar-refractivity contribution in [2.24, 2.45) is 17.3 Å². The largest absolute Gasteiger partial charge is 0.435 e. The molecule has 2 atom stereocenters. The molecule has 0 aromatic carbocycles. The molecule has 0 saturated heterocycles. The maximum absolute atomic E-state index is 11.0. The van der Waals surface area contributed by atoms with Crippen LogP contribution in [0.5, 0.6) is 0 Å². The third-order valence-corrected chi connectivity index (χ3v) is 2.63. The highest BCUT2D eigenvalue weighted by Crippen LogP contribution is 2.60. The summed E-state index contributed by atoms with van der Waals surface area (Å²) in [5.41, 5.74) is 0.157. The summed E-state index contributed by atoms with van der Waals surface area (Å²) in [6, 6.07) is 0. The fraction of sp³-hybridized carbons (Fsp3) is 0.625. The van der Waals surface area contributed by atoms with Crippen molar-refractivity contribution in [3.05, 3.63) is 12.3 Å². The molecule has 1 saturated carbocycles. The molecule has 2 aliphatic rings. The number of esters is 1. The number of fused-ring (bicyclic) bond motifs is 1. The third-order valence-electron chi connectivity index (χ3n) is 2.63. The van der Waals surface area contributed by atoms with Gasteiger partial charge in [0.25, 0.3) is 0 Å². The van der Waals surface area contributed by atoms with Crippen molar-refractivity contribution in [2.75, 3.05) is 0 Å². The Balaban J connectivity index is 2.30. The van der Waals surface area contributed by atoms with E-state index in [9.17, 15) is 4.79 Å². The smallest absolute Gasteiger partial charge is 0.314 e. The van der Waals surface area contributed by atoms with E-state index in [1.54, 1.807) is 0 Å². The van der Waals surface area contributed by atoms with Gasteiger partial charge in [-0.1, -0.05) is 13.8 Å². The minimum Gasteiger partial charge on any atom is -0.435 e. The Kier molecular flexibility index (Phi) is 0.858. The average Bonchev–Trinajstić information content (AvgIpc) is 2.38. The van der Waals surface area contributed by atoms with Gasteiger partial charge in [0.05, 0.1) is 12.2 Å². The monoisotopic (exact) mass is 138 g/mol. The quantitative estimate of drug-likeness (QED) is 0.472. The zero-order valence-corrected chi connectivity index (χ0v) is 6.13. The zero-order chi connectivity index (χ0) is 7.35. The Morgan fingerprint density at radius 1 is 1.60 bits per heavy atom. The summed E-state index contributed by atoms with van der Waals surface area (Å²) in [7, 11) is 0. The van der Waals surface area contributed by atoms with E-state index in [0.29, 0.717) is 5.92 Å². The van der Waals surface area contributed by atoms with Crippen molar-refractivity contribution in [3.63, 3.8) is 0 Å². The predicted octanol–water partition coefficient (Wildman–Crippen LogP) is 1.33. The van der Waals surface area contributed by atoms with Crippen LogP contribution in [0.1, 0.15) is 13.8 Å². The van der Waals surface area contributed by atoms with Gasteiger partial charge in [-0.05, 0) is 17.4 Å². The van der Waals surface area contributed by atoms with Gasteiger partial charge in [-0.2, -0.15) is 0 Å². The molecule has 2 nitrogen and oxygen atoms in total. The molecule has 1 heterocycles. The van der Waals surface area contributed by atoms with Crippen LogP contribution < -0.4 is 0 Å². The molecule has 0 spiro atoms. The molecule has 2 heteroatoms. The normalized spacial score (nSPS) is 40.4. The molecule has 1 aliphatic carbocycles. The van der Waals surface area contributed by atoms with Crippen LogP contribution in [-0.4, -0.2) is 5.97 Å². The van der Waals surface area contributed by atoms with E-state index in [-0.39, 0.29) is 17.3 Å². The molecule has 0 bridgehead atoms. The number of cyclic esters (lactones) is 1. The lowest BCUT2D eigenvalue weighted by atomic mass is 10.1. The maximum Gasteiger partial charge on any atom is 0.314 e. The van der Waals surface area contributed by atoms with Crippen LogP contribution in [0.15, 0.2) is 12.3 Å². The van der Waals surface area contributed by atoms with Crippen molar-refractivity contribution in [2.45, 2.75) is 13.8 Å². The first-order chi connectivity index (χ1) is 4.64. The molecule has 2 unspecified atom stereocenters. The first kappa shape index (κ1) is 5.96. The Morgan fingerprint density at radius 2 is 2.30 bits per heavy atom. The van der Waals surface area contributed by atoms with Gasteiger partial charge < -0.3 is 4.74 Å². The standard InChI is InChI=1S/C8H10O2/c1-8(2)5-3-4-10-7(9)6(5)8/h3-6H,1-2H3. The minimum absolute atomic E-state index is 0.0579. The molecule has 10 heavy (non-hydrogen) atoms. The van der Waals surface area contributed by atoms with Crippen molar-refractivity contribution >= 4 is 5.97 Å². The second-order valence-corrected chi connectivity index (χ2v) is 3.59. The van der Waals surface area contributed by atoms with Crippen LogP contribution in [0.3, 0.4) is 0 Å². The fourth-order valence-electron chi connectivity index (χ4n) is 1.75. The van der Waals surface area contributed by atoms with Gasteiger partial charge in [-0.25, -0.2) is 0 Å². The summed E-state index contributed by atoms with van der Waals surface area (Å²) in [5.74, 6) is 0.517. The number of hydrogen-bond acceptors (Lipinski definition) is 2. The topological polar surface area (TPSA) is 26.3 Å². The average molecular weight is 138 g/mol. The fourth-order valence-corrected chi connectivity index (χ4v) is 1.75. The number of allylic oxidation sites excluding steroid dienone is 1. The summed E-state index contributed by atoms with van der Waals surface area (Å²) in [5, 5.41) is 0. The summed E-state index contributed by atoms with van der Waals surface area (Å²) in [6.07, 6.45) is 3.49. The van der Waals surface area contributed by atoms with Crippen LogP contribution in [0, 0.1) is 17.3 Å². The lowest BCUT2D eigenvalue weighted by Crippen LogP contribution is -2.08. The van der Waals surface area contributed by atoms with E-state index in [0.717, 1.165) is 0 Å².